The van der Waals surface area contributed by atoms with Gasteiger partial charge in [0.25, 0.3) is 0 Å². The van der Waals surface area contributed by atoms with Crippen LogP contribution in [-0.2, 0) is 0 Å². The second-order valence-corrected chi connectivity index (χ2v) is 4.17. The maximum Gasteiger partial charge on any atom is 0.0901 e. The number of aliphatic hydroxyl groups is 1. The predicted molar refractivity (Wildman–Crippen MR) is 68.2 cm³/mol. The molecule has 0 atom stereocenters. The average molecular weight is 227 g/mol. The lowest BCUT2D eigenvalue weighted by Crippen LogP contribution is -1.84. The molecule has 1 aromatic heterocycles. The molecule has 0 saturated heterocycles. The average Bonchev–Trinajstić information content (AvgIpc) is 2.64. The quantitative estimate of drug-likeness (QED) is 0.851. The topological polar surface area (TPSA) is 33.1 Å². The van der Waals surface area contributed by atoms with Gasteiger partial charge in [-0.2, -0.15) is 0 Å². The molecule has 0 aliphatic rings. The van der Waals surface area contributed by atoms with E-state index in [0.717, 1.165) is 23.5 Å². The van der Waals surface area contributed by atoms with Crippen molar-refractivity contribution in [2.24, 2.45) is 0 Å². The van der Waals surface area contributed by atoms with E-state index in [2.05, 4.69) is 23.4 Å². The molecule has 0 amide bonds. The van der Waals surface area contributed by atoms with Crippen LogP contribution >= 0.6 is 11.3 Å². The lowest BCUT2D eigenvalue weighted by atomic mass is 10.1. The smallest absolute Gasteiger partial charge is 0.0901 e. The van der Waals surface area contributed by atoms with Crippen molar-refractivity contribution in [1.82, 2.24) is 4.98 Å². The maximum atomic E-state index is 8.64. The predicted octanol–water partition coefficient (Wildman–Crippen LogP) is 3.65. The monoisotopic (exact) mass is 227 g/mol. The Kier molecular flexibility index (Phi) is 8.24. The molecule has 1 N–H and O–H groups in total. The minimum absolute atomic E-state index is 0.265. The zero-order chi connectivity index (χ0) is 11.7. The minimum Gasteiger partial charge on any atom is -0.396 e. The van der Waals surface area contributed by atoms with Crippen molar-refractivity contribution < 1.29 is 5.11 Å². The molecule has 0 aliphatic heterocycles. The molecule has 0 saturated carbocycles. The molecule has 0 aliphatic carbocycles. The van der Waals surface area contributed by atoms with Crippen LogP contribution < -0.4 is 0 Å². The van der Waals surface area contributed by atoms with Crippen molar-refractivity contribution in [3.63, 3.8) is 0 Å². The number of hydrogen-bond acceptors (Lipinski definition) is 3. The van der Waals surface area contributed by atoms with Gasteiger partial charge in [0, 0.05) is 12.0 Å². The van der Waals surface area contributed by atoms with Crippen LogP contribution in [0.1, 0.15) is 44.3 Å². The molecule has 0 aromatic carbocycles. The number of nitrogens with zero attached hydrogens (tertiary/aromatic N) is 1. The molecule has 0 unspecified atom stereocenters. The van der Waals surface area contributed by atoms with E-state index in [0.29, 0.717) is 0 Å². The summed E-state index contributed by atoms with van der Waals surface area (Å²) in [6.45, 7) is 8.34. The van der Waals surface area contributed by atoms with Crippen molar-refractivity contribution in [2.45, 2.75) is 40.5 Å². The Morgan fingerprint density at radius 1 is 1.53 bits per heavy atom. The van der Waals surface area contributed by atoms with E-state index in [1.54, 1.807) is 11.3 Å². The van der Waals surface area contributed by atoms with Gasteiger partial charge in [-0.3, -0.25) is 0 Å². The number of thiazole rings is 1. The highest BCUT2D eigenvalue weighted by molar-refractivity contribution is 7.09. The summed E-state index contributed by atoms with van der Waals surface area (Å²) in [7, 11) is 0. The van der Waals surface area contributed by atoms with Crippen LogP contribution in [0.15, 0.2) is 11.0 Å². The Bertz CT molecular complexity index is 292. The summed E-state index contributed by atoms with van der Waals surface area (Å²) >= 11 is 1.67. The van der Waals surface area contributed by atoms with Crippen LogP contribution in [0.2, 0.25) is 0 Å². The zero-order valence-electron chi connectivity index (χ0n) is 10.1. The van der Waals surface area contributed by atoms with Crippen molar-refractivity contribution in [1.29, 1.82) is 0 Å². The van der Waals surface area contributed by atoms with Gasteiger partial charge in [0.2, 0.25) is 0 Å². The van der Waals surface area contributed by atoms with E-state index >= 15 is 0 Å². The minimum atomic E-state index is 0.265. The second kappa shape index (κ2) is 8.62. The van der Waals surface area contributed by atoms with Crippen LogP contribution in [0.3, 0.4) is 0 Å². The molecule has 0 bridgehead atoms. The molecule has 1 rings (SSSR count). The summed E-state index contributed by atoms with van der Waals surface area (Å²) in [5.41, 5.74) is 2.32. The summed E-state index contributed by atoms with van der Waals surface area (Å²) in [4.78, 5) is 4.34. The van der Waals surface area contributed by atoms with Gasteiger partial charge in [-0.15, -0.1) is 11.3 Å². The Balaban J connectivity index is 0.000000921. The fourth-order valence-electron chi connectivity index (χ4n) is 1.13. The number of hydrogen-bond donors (Lipinski definition) is 1. The first-order chi connectivity index (χ1) is 7.22. The van der Waals surface area contributed by atoms with E-state index in [4.69, 9.17) is 5.11 Å². The van der Waals surface area contributed by atoms with Gasteiger partial charge >= 0.3 is 0 Å². The molecular weight excluding hydrogens is 206 g/mol. The van der Waals surface area contributed by atoms with E-state index < -0.39 is 0 Å². The van der Waals surface area contributed by atoms with Crippen molar-refractivity contribution >= 4 is 17.4 Å². The summed E-state index contributed by atoms with van der Waals surface area (Å²) in [6.07, 6.45) is 3.87. The Labute approximate surface area is 96.7 Å². The van der Waals surface area contributed by atoms with Crippen molar-refractivity contribution in [3.05, 3.63) is 21.7 Å². The molecule has 1 heterocycles. The normalized spacial score (nSPS) is 10.9. The third-order valence-electron chi connectivity index (χ3n) is 1.76. The van der Waals surface area contributed by atoms with Crippen molar-refractivity contribution in [3.8, 4) is 0 Å². The molecule has 0 radical (unpaired) electrons. The highest BCUT2D eigenvalue weighted by Crippen LogP contribution is 2.13. The molecule has 86 valence electrons. The standard InChI is InChI=1S/C10H15NOS.C2H6/c1-8(4-3-5-12)6-10-7-13-9(2)11-10;1-2/h6-7,12H,3-5H2,1-2H3;1-2H3/b8-6+;. The first kappa shape index (κ1) is 14.3. The second-order valence-electron chi connectivity index (χ2n) is 3.11. The molecule has 3 heteroatoms. The molecule has 0 spiro atoms. The number of aromatic nitrogens is 1. The molecule has 2 nitrogen and oxygen atoms in total. The SMILES string of the molecule is C/C(=C\c1csc(C)n1)CCCO.CC. The Hall–Kier alpha value is -0.670. The van der Waals surface area contributed by atoms with Gasteiger partial charge in [-0.25, -0.2) is 4.98 Å². The summed E-state index contributed by atoms with van der Waals surface area (Å²) in [5.74, 6) is 0. The Morgan fingerprint density at radius 2 is 2.20 bits per heavy atom. The van der Waals surface area contributed by atoms with Gasteiger partial charge in [0.15, 0.2) is 0 Å². The first-order valence-corrected chi connectivity index (χ1v) is 6.30. The highest BCUT2D eigenvalue weighted by atomic mass is 32.1. The van der Waals surface area contributed by atoms with E-state index in [1.165, 1.54) is 5.57 Å². The Morgan fingerprint density at radius 3 is 2.67 bits per heavy atom. The third kappa shape index (κ3) is 6.42. The summed E-state index contributed by atoms with van der Waals surface area (Å²) < 4.78 is 0. The van der Waals surface area contributed by atoms with Gasteiger partial charge in [0.1, 0.15) is 0 Å². The van der Waals surface area contributed by atoms with Gasteiger partial charge < -0.3 is 5.11 Å². The van der Waals surface area contributed by atoms with Crippen LogP contribution in [0.25, 0.3) is 6.08 Å². The lowest BCUT2D eigenvalue weighted by Gasteiger charge is -1.96. The fourth-order valence-corrected chi connectivity index (χ4v) is 1.70. The van der Waals surface area contributed by atoms with Gasteiger partial charge in [-0.1, -0.05) is 19.4 Å². The fraction of sp³-hybridized carbons (Fsp3) is 0.583. The molecule has 0 fully saturated rings. The number of allylic oxidation sites excluding steroid dienone is 1. The van der Waals surface area contributed by atoms with Crippen LogP contribution in [-0.4, -0.2) is 16.7 Å². The van der Waals surface area contributed by atoms with Crippen LogP contribution in [0.5, 0.6) is 0 Å². The summed E-state index contributed by atoms with van der Waals surface area (Å²) in [5, 5.41) is 11.8. The number of rotatable bonds is 4. The maximum absolute atomic E-state index is 8.64. The van der Waals surface area contributed by atoms with Gasteiger partial charge in [0.05, 0.1) is 10.7 Å². The molecule has 1 aromatic rings. The molecule has 15 heavy (non-hydrogen) atoms. The van der Waals surface area contributed by atoms with E-state index in [1.807, 2.05) is 20.8 Å². The zero-order valence-corrected chi connectivity index (χ0v) is 10.9. The third-order valence-corrected chi connectivity index (χ3v) is 2.55. The van der Waals surface area contributed by atoms with E-state index in [9.17, 15) is 0 Å². The number of aliphatic hydroxyl groups excluding tert-OH is 1. The first-order valence-electron chi connectivity index (χ1n) is 5.42. The van der Waals surface area contributed by atoms with Crippen LogP contribution in [0, 0.1) is 6.92 Å². The van der Waals surface area contributed by atoms with Crippen LogP contribution in [0.4, 0.5) is 0 Å². The highest BCUT2D eigenvalue weighted by Gasteiger charge is 1.95. The number of aryl methyl sites for hydroxylation is 1. The van der Waals surface area contributed by atoms with E-state index in [-0.39, 0.29) is 6.61 Å². The van der Waals surface area contributed by atoms with Gasteiger partial charge in [-0.05, 0) is 32.8 Å². The largest absolute Gasteiger partial charge is 0.396 e. The molecular formula is C12H21NOS. The summed E-state index contributed by atoms with van der Waals surface area (Å²) in [6, 6.07) is 0. The lowest BCUT2D eigenvalue weighted by molar-refractivity contribution is 0.288. The van der Waals surface area contributed by atoms with Crippen molar-refractivity contribution in [2.75, 3.05) is 6.61 Å².